The first kappa shape index (κ1) is 46.8. The molecule has 0 spiro atoms. The Kier molecular flexibility index (Phi) is 14.7. The smallest absolute Gasteiger partial charge is 0.410 e. The number of carbonyl (C=O) groups excluding carboxylic acids is 4. The fourth-order valence-corrected chi connectivity index (χ4v) is 7.30. The average molecular weight is 811 g/mol. The monoisotopic (exact) mass is 810 g/mol. The van der Waals surface area contributed by atoms with E-state index in [-0.39, 0.29) is 36.7 Å². The second kappa shape index (κ2) is 17.5. The van der Waals surface area contributed by atoms with Crippen LogP contribution in [-0.4, -0.2) is 98.0 Å². The van der Waals surface area contributed by atoms with Crippen LogP contribution >= 0.6 is 11.6 Å². The molecular formula is C41H67ClN4O10. The Morgan fingerprint density at radius 1 is 0.714 bits per heavy atom. The van der Waals surface area contributed by atoms with Gasteiger partial charge < -0.3 is 38.5 Å². The Labute approximate surface area is 338 Å². The van der Waals surface area contributed by atoms with Crippen molar-refractivity contribution in [1.82, 2.24) is 15.0 Å². The molecule has 0 aromatic carbocycles. The molecule has 4 atom stereocenters. The Morgan fingerprint density at radius 2 is 1.14 bits per heavy atom. The quantitative estimate of drug-likeness (QED) is 0.0958. The van der Waals surface area contributed by atoms with E-state index in [1.54, 1.807) is 46.4 Å². The summed E-state index contributed by atoms with van der Waals surface area (Å²) in [4.78, 5) is 53.2. The summed E-state index contributed by atoms with van der Waals surface area (Å²) in [5, 5.41) is 16.1. The number of hydrogen-bond acceptors (Lipinski definition) is 12. The number of nitrogens with zero attached hydrogens (tertiary/aromatic N) is 4. The largest absolute Gasteiger partial charge is 0.460 e. The van der Waals surface area contributed by atoms with Gasteiger partial charge in [0, 0.05) is 50.0 Å². The molecule has 14 nitrogen and oxygen atoms in total. The standard InChI is InChI=1S/C26H42N2O5.C15H25ClN2O5/c1-24(2,3)13-16-10-17(11-16)21-12-20(27-33-21)18-14-28(23(30)32-26(7,8)9)15-19(18)22(29)31-25(4,5)6;1-14(2,3)22-12(19)10-8-18(7-9(10)11(16)17-21)13(20)23-15(4,5)6/h12,16-19H,10-11,13-15H2,1-9H3;9-10,21H,7-8H2,1-6H3/b;17-11-/t16?,17?,18-,19-;9-,10-/m00/s1. The van der Waals surface area contributed by atoms with Crippen molar-refractivity contribution in [3.8, 4) is 0 Å². The van der Waals surface area contributed by atoms with E-state index in [1.165, 1.54) is 11.3 Å². The molecule has 1 aromatic rings. The highest BCUT2D eigenvalue weighted by Crippen LogP contribution is 2.47. The van der Waals surface area contributed by atoms with E-state index in [4.69, 9.17) is 40.3 Å². The molecule has 318 valence electrons. The third-order valence-electron chi connectivity index (χ3n) is 9.23. The number of esters is 2. The third-order valence-corrected chi connectivity index (χ3v) is 9.59. The van der Waals surface area contributed by atoms with Crippen molar-refractivity contribution in [1.29, 1.82) is 0 Å². The molecular weight excluding hydrogens is 744 g/mol. The van der Waals surface area contributed by atoms with E-state index in [2.05, 4.69) is 31.1 Å². The van der Waals surface area contributed by atoms with Crippen molar-refractivity contribution >= 4 is 40.9 Å². The normalized spacial score (nSPS) is 24.8. The molecule has 1 N–H and O–H groups in total. The topological polar surface area (TPSA) is 170 Å². The van der Waals surface area contributed by atoms with Gasteiger partial charge in [0.2, 0.25) is 0 Å². The van der Waals surface area contributed by atoms with E-state index in [1.807, 2.05) is 47.6 Å². The number of aromatic nitrogens is 1. The van der Waals surface area contributed by atoms with Crippen molar-refractivity contribution in [3.63, 3.8) is 0 Å². The van der Waals surface area contributed by atoms with Gasteiger partial charge in [0.1, 0.15) is 28.2 Å². The van der Waals surface area contributed by atoms with Gasteiger partial charge in [-0.25, -0.2) is 9.59 Å². The summed E-state index contributed by atoms with van der Waals surface area (Å²) in [5.41, 5.74) is -1.48. The number of hydrogen-bond donors (Lipinski definition) is 1. The van der Waals surface area contributed by atoms with E-state index in [0.717, 1.165) is 18.6 Å². The number of amides is 2. The highest BCUT2D eigenvalue weighted by atomic mass is 35.5. The van der Waals surface area contributed by atoms with Gasteiger partial charge in [-0.15, -0.1) is 0 Å². The van der Waals surface area contributed by atoms with Crippen LogP contribution in [0.15, 0.2) is 15.7 Å². The molecule has 3 aliphatic rings. The van der Waals surface area contributed by atoms with Crippen LogP contribution in [0.2, 0.25) is 0 Å². The first-order valence-electron chi connectivity index (χ1n) is 19.6. The fraction of sp³-hybridized carbons (Fsp3) is 0.805. The summed E-state index contributed by atoms with van der Waals surface area (Å²) in [6.07, 6.45) is 2.45. The van der Waals surface area contributed by atoms with Crippen LogP contribution in [0.25, 0.3) is 0 Å². The fourth-order valence-electron chi connectivity index (χ4n) is 7.08. The van der Waals surface area contributed by atoms with E-state index in [0.29, 0.717) is 29.5 Å². The zero-order chi connectivity index (χ0) is 42.8. The van der Waals surface area contributed by atoms with Crippen LogP contribution in [0.5, 0.6) is 0 Å². The molecule has 4 rings (SSSR count). The van der Waals surface area contributed by atoms with Gasteiger partial charge in [-0.05, 0) is 114 Å². The number of carbonyl (C=O) groups is 4. The summed E-state index contributed by atoms with van der Waals surface area (Å²) < 4.78 is 27.6. The molecule has 15 heteroatoms. The molecule has 3 heterocycles. The summed E-state index contributed by atoms with van der Waals surface area (Å²) in [5.74, 6) is -0.954. The Morgan fingerprint density at radius 3 is 1.59 bits per heavy atom. The van der Waals surface area contributed by atoms with E-state index < -0.39 is 58.3 Å². The van der Waals surface area contributed by atoms with Crippen molar-refractivity contribution in [3.05, 3.63) is 17.5 Å². The third kappa shape index (κ3) is 14.4. The Hall–Kier alpha value is -3.55. The van der Waals surface area contributed by atoms with Crippen molar-refractivity contribution in [2.45, 2.75) is 157 Å². The lowest BCUT2D eigenvalue weighted by Crippen LogP contribution is -2.36. The lowest BCUT2D eigenvalue weighted by molar-refractivity contribution is -0.161. The number of ether oxygens (including phenoxy) is 4. The van der Waals surface area contributed by atoms with Gasteiger partial charge in [0.25, 0.3) is 0 Å². The van der Waals surface area contributed by atoms with Crippen LogP contribution < -0.4 is 0 Å². The minimum absolute atomic E-state index is 0.0975. The minimum atomic E-state index is -0.704. The van der Waals surface area contributed by atoms with Crippen LogP contribution in [0, 0.1) is 29.1 Å². The molecule has 0 unspecified atom stereocenters. The molecule has 1 aliphatic carbocycles. The summed E-state index contributed by atoms with van der Waals surface area (Å²) in [6.45, 7) is 29.2. The summed E-state index contributed by atoms with van der Waals surface area (Å²) in [6, 6.07) is 1.98. The van der Waals surface area contributed by atoms with E-state index in [9.17, 15) is 19.2 Å². The lowest BCUT2D eigenvalue weighted by Gasteiger charge is -2.37. The Balaban J connectivity index is 0.000000322. The van der Waals surface area contributed by atoms with Crippen molar-refractivity contribution in [2.75, 3.05) is 26.2 Å². The molecule has 2 amide bonds. The highest BCUT2D eigenvalue weighted by Gasteiger charge is 2.47. The van der Waals surface area contributed by atoms with Crippen LogP contribution in [0.4, 0.5) is 9.59 Å². The average Bonchev–Trinajstić information content (AvgIpc) is 3.73. The van der Waals surface area contributed by atoms with Gasteiger partial charge >= 0.3 is 24.1 Å². The number of likely N-dealkylation sites (tertiary alicyclic amines) is 2. The predicted molar refractivity (Wildman–Crippen MR) is 212 cm³/mol. The maximum absolute atomic E-state index is 13.0. The maximum atomic E-state index is 13.0. The molecule has 56 heavy (non-hydrogen) atoms. The molecule has 2 saturated heterocycles. The highest BCUT2D eigenvalue weighted by molar-refractivity contribution is 6.66. The summed E-state index contributed by atoms with van der Waals surface area (Å²) >= 11 is 5.90. The molecule has 3 fully saturated rings. The first-order chi connectivity index (χ1) is 25.3. The van der Waals surface area contributed by atoms with Gasteiger partial charge in [-0.2, -0.15) is 0 Å². The summed E-state index contributed by atoms with van der Waals surface area (Å²) in [7, 11) is 0. The maximum Gasteiger partial charge on any atom is 0.410 e. The van der Waals surface area contributed by atoms with Crippen molar-refractivity contribution < 1.29 is 47.9 Å². The minimum Gasteiger partial charge on any atom is -0.460 e. The van der Waals surface area contributed by atoms with Gasteiger partial charge in [0.15, 0.2) is 5.17 Å². The van der Waals surface area contributed by atoms with Gasteiger partial charge in [-0.3, -0.25) is 9.59 Å². The number of halogens is 1. The van der Waals surface area contributed by atoms with Gasteiger partial charge in [0.05, 0.1) is 17.5 Å². The zero-order valence-electron chi connectivity index (χ0n) is 36.3. The number of rotatable bonds is 6. The Bertz CT molecular complexity index is 1570. The van der Waals surface area contributed by atoms with E-state index >= 15 is 0 Å². The van der Waals surface area contributed by atoms with Crippen LogP contribution in [0.3, 0.4) is 0 Å². The second-order valence-corrected chi connectivity index (χ2v) is 21.0. The van der Waals surface area contributed by atoms with Crippen molar-refractivity contribution in [2.24, 2.45) is 34.2 Å². The SMILES string of the molecule is CC(C)(C)CC1CC(c2cc([C@H]3CN(C(=O)OC(C)(C)C)C[C@@H]3C(=O)OC(C)(C)C)no2)C1.CC(C)(C)OC(=O)[C@H]1CN(C(=O)OC(C)(C)C)C[C@@H]1/C(Cl)=N/O. The number of oxime groups is 1. The zero-order valence-corrected chi connectivity index (χ0v) is 37.0. The predicted octanol–water partition coefficient (Wildman–Crippen LogP) is 8.73. The molecule has 0 radical (unpaired) electrons. The molecule has 2 aliphatic heterocycles. The lowest BCUT2D eigenvalue weighted by atomic mass is 9.67. The first-order valence-corrected chi connectivity index (χ1v) is 20.0. The molecule has 0 bridgehead atoms. The molecule has 1 aromatic heterocycles. The van der Waals surface area contributed by atoms with Crippen LogP contribution in [0.1, 0.15) is 146 Å². The van der Waals surface area contributed by atoms with Gasteiger partial charge in [-0.1, -0.05) is 42.7 Å². The second-order valence-electron chi connectivity index (χ2n) is 20.6. The molecule has 1 saturated carbocycles. The van der Waals surface area contributed by atoms with Crippen LogP contribution in [-0.2, 0) is 28.5 Å².